The Bertz CT molecular complexity index is 530. The molecule has 1 fully saturated rings. The van der Waals surface area contributed by atoms with Gasteiger partial charge in [0.1, 0.15) is 5.75 Å². The highest BCUT2D eigenvalue weighted by atomic mass is 16.5. The van der Waals surface area contributed by atoms with Crippen LogP contribution in [0.5, 0.6) is 5.75 Å². The molecule has 1 unspecified atom stereocenters. The third-order valence-corrected chi connectivity index (χ3v) is 3.90. The zero-order chi connectivity index (χ0) is 16.7. The molecule has 1 atom stereocenters. The van der Waals surface area contributed by atoms with E-state index < -0.39 is 5.97 Å². The Labute approximate surface area is 136 Å². The van der Waals surface area contributed by atoms with E-state index in [2.05, 4.69) is 10.2 Å². The van der Waals surface area contributed by atoms with Crippen molar-refractivity contribution >= 4 is 11.9 Å². The molecular weight excluding hydrogens is 296 g/mol. The Morgan fingerprint density at radius 3 is 2.74 bits per heavy atom. The lowest BCUT2D eigenvalue weighted by Gasteiger charge is -2.32. The summed E-state index contributed by atoms with van der Waals surface area (Å²) in [6.45, 7) is 5.04. The summed E-state index contributed by atoms with van der Waals surface area (Å²) >= 11 is 0. The third kappa shape index (κ3) is 5.90. The summed E-state index contributed by atoms with van der Waals surface area (Å²) in [4.78, 5) is 24.2. The van der Waals surface area contributed by atoms with Crippen molar-refractivity contribution in [2.75, 3.05) is 26.2 Å². The first-order chi connectivity index (χ1) is 11.0. The van der Waals surface area contributed by atoms with Gasteiger partial charge in [0.05, 0.1) is 12.2 Å². The highest BCUT2D eigenvalue weighted by Gasteiger charge is 2.19. The van der Waals surface area contributed by atoms with Crippen molar-refractivity contribution in [3.63, 3.8) is 0 Å². The molecule has 0 aliphatic carbocycles. The van der Waals surface area contributed by atoms with E-state index in [-0.39, 0.29) is 17.5 Å². The summed E-state index contributed by atoms with van der Waals surface area (Å²) in [7, 11) is 0. The molecule has 6 heteroatoms. The predicted molar refractivity (Wildman–Crippen MR) is 86.8 cm³/mol. The van der Waals surface area contributed by atoms with E-state index in [0.717, 1.165) is 38.9 Å². The molecule has 1 aliphatic rings. The summed E-state index contributed by atoms with van der Waals surface area (Å²) in [6.07, 6.45) is 3.04. The number of nitrogens with zero attached hydrogens (tertiary/aromatic N) is 1. The SMILES string of the molecule is CC(=O)NC1CCCN(CCCOc2ccc(C(=O)O)cc2)C1. The molecule has 6 nitrogen and oxygen atoms in total. The zero-order valence-electron chi connectivity index (χ0n) is 13.5. The highest BCUT2D eigenvalue weighted by molar-refractivity contribution is 5.87. The maximum absolute atomic E-state index is 11.1. The van der Waals surface area contributed by atoms with E-state index in [1.165, 1.54) is 0 Å². The Balaban J connectivity index is 1.66. The van der Waals surface area contributed by atoms with E-state index in [1.807, 2.05) is 0 Å². The molecular formula is C17H24N2O4. The molecule has 0 bridgehead atoms. The second-order valence-electron chi connectivity index (χ2n) is 5.87. The largest absolute Gasteiger partial charge is 0.494 e. The number of hydrogen-bond donors (Lipinski definition) is 2. The number of hydrogen-bond acceptors (Lipinski definition) is 4. The molecule has 2 rings (SSSR count). The van der Waals surface area contributed by atoms with Crippen LogP contribution in [0.15, 0.2) is 24.3 Å². The van der Waals surface area contributed by atoms with E-state index in [1.54, 1.807) is 31.2 Å². The summed E-state index contributed by atoms with van der Waals surface area (Å²) < 4.78 is 5.63. The molecule has 1 heterocycles. The van der Waals surface area contributed by atoms with Gasteiger partial charge in [0.25, 0.3) is 0 Å². The van der Waals surface area contributed by atoms with Crippen LogP contribution in [0.3, 0.4) is 0 Å². The number of benzene rings is 1. The lowest BCUT2D eigenvalue weighted by atomic mass is 10.1. The first-order valence-electron chi connectivity index (χ1n) is 8.00. The number of ether oxygens (including phenoxy) is 1. The van der Waals surface area contributed by atoms with Crippen LogP contribution in [-0.4, -0.2) is 54.2 Å². The van der Waals surface area contributed by atoms with Crippen molar-refractivity contribution < 1.29 is 19.4 Å². The molecule has 1 aromatic carbocycles. The van der Waals surface area contributed by atoms with E-state index in [9.17, 15) is 9.59 Å². The first kappa shape index (κ1) is 17.3. The predicted octanol–water partition coefficient (Wildman–Crippen LogP) is 1.75. The maximum Gasteiger partial charge on any atom is 0.335 e. The number of carbonyl (C=O) groups excluding carboxylic acids is 1. The van der Waals surface area contributed by atoms with Crippen LogP contribution in [0.25, 0.3) is 0 Å². The minimum atomic E-state index is -0.935. The van der Waals surface area contributed by atoms with Gasteiger partial charge in [-0.3, -0.25) is 4.79 Å². The zero-order valence-corrected chi connectivity index (χ0v) is 13.5. The summed E-state index contributed by atoms with van der Waals surface area (Å²) in [5.41, 5.74) is 0.259. The van der Waals surface area contributed by atoms with Crippen LogP contribution in [-0.2, 0) is 4.79 Å². The van der Waals surface area contributed by atoms with Gasteiger partial charge in [-0.2, -0.15) is 0 Å². The van der Waals surface area contributed by atoms with Gasteiger partial charge in [0.2, 0.25) is 5.91 Å². The molecule has 0 radical (unpaired) electrons. The monoisotopic (exact) mass is 320 g/mol. The number of nitrogens with one attached hydrogen (secondary N) is 1. The molecule has 0 saturated carbocycles. The van der Waals surface area contributed by atoms with Gasteiger partial charge < -0.3 is 20.1 Å². The molecule has 1 saturated heterocycles. The molecule has 0 spiro atoms. The van der Waals surface area contributed by atoms with Crippen LogP contribution in [0.4, 0.5) is 0 Å². The van der Waals surface area contributed by atoms with Crippen LogP contribution in [0.1, 0.15) is 36.5 Å². The molecule has 1 aliphatic heterocycles. The quantitative estimate of drug-likeness (QED) is 0.748. The topological polar surface area (TPSA) is 78.9 Å². The molecule has 2 N–H and O–H groups in total. The number of rotatable bonds is 7. The number of carboxylic acid groups (broad SMARTS) is 1. The smallest absolute Gasteiger partial charge is 0.335 e. The van der Waals surface area contributed by atoms with E-state index in [0.29, 0.717) is 12.4 Å². The van der Waals surface area contributed by atoms with Gasteiger partial charge in [0, 0.05) is 26.1 Å². The van der Waals surface area contributed by atoms with Crippen molar-refractivity contribution in [2.24, 2.45) is 0 Å². The number of likely N-dealkylation sites (tertiary alicyclic amines) is 1. The number of aromatic carboxylic acids is 1. The normalized spacial score (nSPS) is 18.4. The van der Waals surface area contributed by atoms with Gasteiger partial charge in [-0.05, 0) is 50.1 Å². The average molecular weight is 320 g/mol. The highest BCUT2D eigenvalue weighted by Crippen LogP contribution is 2.13. The van der Waals surface area contributed by atoms with Crippen LogP contribution in [0.2, 0.25) is 0 Å². The molecule has 0 aromatic heterocycles. The van der Waals surface area contributed by atoms with Crippen molar-refractivity contribution in [1.82, 2.24) is 10.2 Å². The van der Waals surface area contributed by atoms with Crippen molar-refractivity contribution in [3.05, 3.63) is 29.8 Å². The van der Waals surface area contributed by atoms with Crippen LogP contribution in [0, 0.1) is 0 Å². The standard InChI is InChI=1S/C17H24N2O4/c1-13(20)18-15-4-2-9-19(12-15)10-3-11-23-16-7-5-14(6-8-16)17(21)22/h5-8,15H,2-4,9-12H2,1H3,(H,18,20)(H,21,22). The Hall–Kier alpha value is -2.08. The fourth-order valence-electron chi connectivity index (χ4n) is 2.84. The van der Waals surface area contributed by atoms with Gasteiger partial charge in [-0.25, -0.2) is 4.79 Å². The first-order valence-corrected chi connectivity index (χ1v) is 8.00. The van der Waals surface area contributed by atoms with Gasteiger partial charge >= 0.3 is 5.97 Å². The number of amides is 1. The lowest BCUT2D eigenvalue weighted by Crippen LogP contribution is -2.47. The minimum absolute atomic E-state index is 0.0324. The number of carbonyl (C=O) groups is 2. The summed E-state index contributed by atoms with van der Waals surface area (Å²) in [6, 6.07) is 6.69. The van der Waals surface area contributed by atoms with Crippen molar-refractivity contribution in [1.29, 1.82) is 0 Å². The number of carboxylic acids is 1. The Morgan fingerprint density at radius 1 is 1.35 bits per heavy atom. The number of piperidine rings is 1. The second kappa shape index (κ2) is 8.53. The average Bonchev–Trinajstić information content (AvgIpc) is 2.52. The third-order valence-electron chi connectivity index (χ3n) is 3.90. The van der Waals surface area contributed by atoms with Gasteiger partial charge in [0.15, 0.2) is 0 Å². The maximum atomic E-state index is 11.1. The Kier molecular flexibility index (Phi) is 6.40. The molecule has 1 aromatic rings. The van der Waals surface area contributed by atoms with Crippen molar-refractivity contribution in [2.45, 2.75) is 32.2 Å². The summed E-state index contributed by atoms with van der Waals surface area (Å²) in [5, 5.41) is 11.8. The van der Waals surface area contributed by atoms with Crippen LogP contribution < -0.4 is 10.1 Å². The fourth-order valence-corrected chi connectivity index (χ4v) is 2.84. The molecule has 1 amide bonds. The van der Waals surface area contributed by atoms with E-state index >= 15 is 0 Å². The minimum Gasteiger partial charge on any atom is -0.494 e. The second-order valence-corrected chi connectivity index (χ2v) is 5.87. The van der Waals surface area contributed by atoms with E-state index in [4.69, 9.17) is 9.84 Å². The van der Waals surface area contributed by atoms with Crippen molar-refractivity contribution in [3.8, 4) is 5.75 Å². The molecule has 126 valence electrons. The Morgan fingerprint density at radius 2 is 2.09 bits per heavy atom. The fraction of sp³-hybridized carbons (Fsp3) is 0.529. The summed E-state index contributed by atoms with van der Waals surface area (Å²) in [5.74, 6) is -0.217. The lowest BCUT2D eigenvalue weighted by molar-refractivity contribution is -0.120. The van der Waals surface area contributed by atoms with Crippen LogP contribution >= 0.6 is 0 Å². The molecule has 23 heavy (non-hydrogen) atoms. The van der Waals surface area contributed by atoms with Gasteiger partial charge in [-0.15, -0.1) is 0 Å². The van der Waals surface area contributed by atoms with Gasteiger partial charge in [-0.1, -0.05) is 0 Å².